The number of thiazole rings is 1. The molecule has 1 aliphatic rings. The Bertz CT molecular complexity index is 1260. The zero-order valence-electron chi connectivity index (χ0n) is 18.1. The summed E-state index contributed by atoms with van der Waals surface area (Å²) in [6.07, 6.45) is 1.43. The summed E-state index contributed by atoms with van der Waals surface area (Å²) >= 11 is 1.68. The number of benzene rings is 2. The highest BCUT2D eigenvalue weighted by atomic mass is 32.2. The molecule has 0 unspecified atom stereocenters. The number of piperidine rings is 1. The maximum Gasteiger partial charge on any atom is 0.243 e. The van der Waals surface area contributed by atoms with E-state index in [-0.39, 0.29) is 15.7 Å². The summed E-state index contributed by atoms with van der Waals surface area (Å²) in [5.74, 6) is 0.250. The van der Waals surface area contributed by atoms with Crippen molar-refractivity contribution in [1.29, 1.82) is 0 Å². The first-order chi connectivity index (χ1) is 15.3. The predicted molar refractivity (Wildman–Crippen MR) is 127 cm³/mol. The number of hydrogen-bond donors (Lipinski definition) is 0. The van der Waals surface area contributed by atoms with Gasteiger partial charge in [-0.3, -0.25) is 0 Å². The molecule has 0 spiro atoms. The van der Waals surface area contributed by atoms with Crippen molar-refractivity contribution in [3.8, 4) is 0 Å². The van der Waals surface area contributed by atoms with Crippen LogP contribution in [0, 0.1) is 0 Å². The Morgan fingerprint density at radius 2 is 1.53 bits per heavy atom. The minimum atomic E-state index is -3.68. The van der Waals surface area contributed by atoms with Crippen LogP contribution in [0.3, 0.4) is 0 Å². The second kappa shape index (κ2) is 9.18. The molecule has 0 bridgehead atoms. The molecule has 0 atom stereocenters. The van der Waals surface area contributed by atoms with Crippen LogP contribution in [0.4, 0.5) is 0 Å². The van der Waals surface area contributed by atoms with Gasteiger partial charge >= 0.3 is 0 Å². The molecule has 3 aromatic rings. The van der Waals surface area contributed by atoms with E-state index in [4.69, 9.17) is 4.98 Å². The molecule has 32 heavy (non-hydrogen) atoms. The molecule has 2 heterocycles. The van der Waals surface area contributed by atoms with Gasteiger partial charge in [0.05, 0.1) is 25.0 Å². The van der Waals surface area contributed by atoms with Gasteiger partial charge in [0.2, 0.25) is 20.0 Å². The SMILES string of the molecule is CCN(CC)S(=O)(=O)c1ccc(S(=O)(=O)N2CCC(c3nc4ccccc4s3)CC2)cc1. The quantitative estimate of drug-likeness (QED) is 0.498. The van der Waals surface area contributed by atoms with Crippen molar-refractivity contribution in [2.24, 2.45) is 0 Å². The molecule has 1 saturated heterocycles. The third kappa shape index (κ3) is 4.34. The van der Waals surface area contributed by atoms with Crippen molar-refractivity contribution in [1.82, 2.24) is 13.6 Å². The Morgan fingerprint density at radius 1 is 0.938 bits per heavy atom. The lowest BCUT2D eigenvalue weighted by Crippen LogP contribution is -2.37. The topological polar surface area (TPSA) is 87.7 Å². The minimum Gasteiger partial charge on any atom is -0.241 e. The monoisotopic (exact) mass is 493 g/mol. The summed E-state index contributed by atoms with van der Waals surface area (Å²) in [5.41, 5.74) is 0.988. The van der Waals surface area contributed by atoms with Gasteiger partial charge in [-0.2, -0.15) is 8.61 Å². The zero-order chi connectivity index (χ0) is 22.9. The van der Waals surface area contributed by atoms with Gasteiger partial charge in [-0.1, -0.05) is 26.0 Å². The maximum atomic E-state index is 13.1. The van der Waals surface area contributed by atoms with E-state index in [0.29, 0.717) is 39.0 Å². The number of nitrogens with zero attached hydrogens (tertiary/aromatic N) is 3. The highest BCUT2D eigenvalue weighted by molar-refractivity contribution is 7.89. The standard InChI is InChI=1S/C22H27N3O4S3/c1-3-24(4-2)31(26,27)18-9-11-19(12-10-18)32(28,29)25-15-13-17(14-16-25)22-23-20-7-5-6-8-21(20)30-22/h5-12,17H,3-4,13-16H2,1-2H3. The number of para-hydroxylation sites is 1. The van der Waals surface area contributed by atoms with Crippen molar-refractivity contribution in [2.75, 3.05) is 26.2 Å². The van der Waals surface area contributed by atoms with E-state index in [2.05, 4.69) is 6.07 Å². The number of aromatic nitrogens is 1. The molecule has 0 N–H and O–H groups in total. The molecule has 4 rings (SSSR count). The van der Waals surface area contributed by atoms with Crippen molar-refractivity contribution < 1.29 is 16.8 Å². The van der Waals surface area contributed by atoms with Crippen molar-refractivity contribution >= 4 is 41.6 Å². The summed E-state index contributed by atoms with van der Waals surface area (Å²) in [6.45, 7) is 5.12. The minimum absolute atomic E-state index is 0.106. The molecule has 7 nitrogen and oxygen atoms in total. The van der Waals surface area contributed by atoms with Gasteiger partial charge in [-0.15, -0.1) is 11.3 Å². The van der Waals surface area contributed by atoms with Crippen LogP contribution in [-0.4, -0.2) is 56.6 Å². The van der Waals surface area contributed by atoms with E-state index in [1.807, 2.05) is 18.2 Å². The molecule has 1 aliphatic heterocycles. The Kier molecular flexibility index (Phi) is 6.69. The molecule has 1 aromatic heterocycles. The lowest BCUT2D eigenvalue weighted by atomic mass is 9.99. The Morgan fingerprint density at radius 3 is 2.12 bits per heavy atom. The second-order valence-electron chi connectivity index (χ2n) is 7.76. The summed E-state index contributed by atoms with van der Waals surface area (Å²) in [6, 6.07) is 13.6. The predicted octanol–water partition coefficient (Wildman–Crippen LogP) is 3.90. The van der Waals surface area contributed by atoms with Gasteiger partial charge in [0, 0.05) is 32.1 Å². The van der Waals surface area contributed by atoms with Crippen LogP contribution in [0.2, 0.25) is 0 Å². The van der Waals surface area contributed by atoms with Gasteiger partial charge in [-0.05, 0) is 49.2 Å². The van der Waals surface area contributed by atoms with E-state index >= 15 is 0 Å². The molecular formula is C22H27N3O4S3. The van der Waals surface area contributed by atoms with Crippen LogP contribution in [0.5, 0.6) is 0 Å². The van der Waals surface area contributed by atoms with Crippen LogP contribution >= 0.6 is 11.3 Å². The van der Waals surface area contributed by atoms with Crippen molar-refractivity contribution in [3.63, 3.8) is 0 Å². The molecule has 0 aliphatic carbocycles. The number of hydrogen-bond acceptors (Lipinski definition) is 6. The van der Waals surface area contributed by atoms with Gasteiger partial charge in [0.1, 0.15) is 0 Å². The summed E-state index contributed by atoms with van der Waals surface area (Å²) in [5, 5.41) is 1.06. The summed E-state index contributed by atoms with van der Waals surface area (Å²) in [4.78, 5) is 4.96. The summed E-state index contributed by atoms with van der Waals surface area (Å²) in [7, 11) is -7.30. The van der Waals surface area contributed by atoms with Crippen LogP contribution in [0.25, 0.3) is 10.2 Å². The molecular weight excluding hydrogens is 466 g/mol. The molecule has 10 heteroatoms. The normalized spacial score (nSPS) is 16.7. The number of sulfonamides is 2. The van der Waals surface area contributed by atoms with Gasteiger partial charge < -0.3 is 0 Å². The van der Waals surface area contributed by atoms with Gasteiger partial charge in [-0.25, -0.2) is 21.8 Å². The zero-order valence-corrected chi connectivity index (χ0v) is 20.6. The van der Waals surface area contributed by atoms with Crippen molar-refractivity contribution in [2.45, 2.75) is 42.4 Å². The number of fused-ring (bicyclic) bond motifs is 1. The average molecular weight is 494 g/mol. The highest BCUT2D eigenvalue weighted by Crippen LogP contribution is 2.35. The Hall–Kier alpha value is -1.85. The third-order valence-electron chi connectivity index (χ3n) is 5.92. The van der Waals surface area contributed by atoms with E-state index in [9.17, 15) is 16.8 Å². The fourth-order valence-electron chi connectivity index (χ4n) is 4.05. The molecule has 0 saturated carbocycles. The average Bonchev–Trinajstić information content (AvgIpc) is 3.24. The Balaban J connectivity index is 1.47. The van der Waals surface area contributed by atoms with Crippen LogP contribution in [-0.2, 0) is 20.0 Å². The van der Waals surface area contributed by atoms with E-state index < -0.39 is 20.0 Å². The fourth-order valence-corrected chi connectivity index (χ4v) is 8.12. The summed E-state index contributed by atoms with van der Waals surface area (Å²) < 4.78 is 55.6. The molecule has 1 fully saturated rings. The lowest BCUT2D eigenvalue weighted by Gasteiger charge is -2.30. The molecule has 2 aromatic carbocycles. The van der Waals surface area contributed by atoms with Crippen LogP contribution in [0.15, 0.2) is 58.3 Å². The van der Waals surface area contributed by atoms with Crippen molar-refractivity contribution in [3.05, 3.63) is 53.5 Å². The maximum absolute atomic E-state index is 13.1. The van der Waals surface area contributed by atoms with E-state index in [0.717, 1.165) is 15.2 Å². The van der Waals surface area contributed by atoms with E-state index in [1.165, 1.54) is 32.9 Å². The van der Waals surface area contributed by atoms with Crippen LogP contribution < -0.4 is 0 Å². The lowest BCUT2D eigenvalue weighted by molar-refractivity contribution is 0.319. The first kappa shape index (κ1) is 23.3. The first-order valence-corrected chi connectivity index (χ1v) is 14.4. The van der Waals surface area contributed by atoms with Crippen LogP contribution in [0.1, 0.15) is 37.6 Å². The van der Waals surface area contributed by atoms with Gasteiger partial charge in [0.15, 0.2) is 0 Å². The smallest absolute Gasteiger partial charge is 0.241 e. The third-order valence-corrected chi connectivity index (χ3v) is 11.1. The molecule has 0 radical (unpaired) electrons. The number of rotatable bonds is 7. The Labute approximate surface area is 193 Å². The molecule has 172 valence electrons. The molecule has 0 amide bonds. The first-order valence-electron chi connectivity index (χ1n) is 10.7. The fraction of sp³-hybridized carbons (Fsp3) is 0.409. The largest absolute Gasteiger partial charge is 0.243 e. The highest BCUT2D eigenvalue weighted by Gasteiger charge is 2.31. The second-order valence-corrected chi connectivity index (χ2v) is 12.7. The van der Waals surface area contributed by atoms with E-state index in [1.54, 1.807) is 25.2 Å². The van der Waals surface area contributed by atoms with Gasteiger partial charge in [0.25, 0.3) is 0 Å².